The third-order valence-electron chi connectivity index (χ3n) is 4.30. The summed E-state index contributed by atoms with van der Waals surface area (Å²) in [4.78, 5) is 13.9. The summed E-state index contributed by atoms with van der Waals surface area (Å²) in [7, 11) is 0. The van der Waals surface area contributed by atoms with E-state index < -0.39 is 5.60 Å². The first-order valence-corrected chi connectivity index (χ1v) is 8.57. The van der Waals surface area contributed by atoms with E-state index in [9.17, 15) is 4.79 Å². The van der Waals surface area contributed by atoms with Crippen LogP contribution < -0.4 is 5.73 Å². The number of aromatic nitrogens is 2. The van der Waals surface area contributed by atoms with Gasteiger partial charge in [0.1, 0.15) is 5.60 Å². The van der Waals surface area contributed by atoms with Crippen LogP contribution in [0.25, 0.3) is 0 Å². The molecule has 0 bridgehead atoms. The van der Waals surface area contributed by atoms with E-state index in [-0.39, 0.29) is 18.1 Å². The molecule has 1 fully saturated rings. The minimum atomic E-state index is -0.478. The molecule has 1 amide bonds. The summed E-state index contributed by atoms with van der Waals surface area (Å²) in [5, 5.41) is 4.41. The van der Waals surface area contributed by atoms with Crippen molar-refractivity contribution in [3.05, 3.63) is 47.8 Å². The van der Waals surface area contributed by atoms with Crippen LogP contribution in [0.2, 0.25) is 0 Å². The topological polar surface area (TPSA) is 73.4 Å². The van der Waals surface area contributed by atoms with Crippen molar-refractivity contribution in [1.29, 1.82) is 0 Å². The highest BCUT2D eigenvalue weighted by atomic mass is 16.6. The van der Waals surface area contributed by atoms with Crippen LogP contribution in [0.15, 0.2) is 36.7 Å². The number of amides is 1. The molecule has 2 aromatic rings. The Morgan fingerprint density at radius 2 is 2.08 bits per heavy atom. The van der Waals surface area contributed by atoms with E-state index in [0.717, 1.165) is 0 Å². The molecule has 3 rings (SSSR count). The smallest absolute Gasteiger partial charge is 0.410 e. The molecule has 1 unspecified atom stereocenters. The summed E-state index contributed by atoms with van der Waals surface area (Å²) in [6.07, 6.45) is 3.25. The van der Waals surface area contributed by atoms with Crippen LogP contribution in [-0.4, -0.2) is 39.5 Å². The Balaban J connectivity index is 1.77. The maximum atomic E-state index is 12.2. The molecule has 2 N–H and O–H groups in total. The van der Waals surface area contributed by atoms with E-state index in [0.29, 0.717) is 18.8 Å². The van der Waals surface area contributed by atoms with Crippen LogP contribution in [0.4, 0.5) is 10.5 Å². The molecule has 1 aliphatic rings. The van der Waals surface area contributed by atoms with Gasteiger partial charge in [-0.3, -0.25) is 4.68 Å². The van der Waals surface area contributed by atoms with Gasteiger partial charge in [0.25, 0.3) is 0 Å². The summed E-state index contributed by atoms with van der Waals surface area (Å²) >= 11 is 0. The van der Waals surface area contributed by atoms with Gasteiger partial charge in [-0.1, -0.05) is 29.8 Å². The van der Waals surface area contributed by atoms with Gasteiger partial charge in [0.05, 0.1) is 17.9 Å². The highest BCUT2D eigenvalue weighted by molar-refractivity contribution is 5.69. The summed E-state index contributed by atoms with van der Waals surface area (Å²) in [6, 6.07) is 8.45. The highest BCUT2D eigenvalue weighted by Crippen LogP contribution is 2.34. The molecule has 6 heteroatoms. The number of likely N-dealkylation sites (tertiary alicyclic amines) is 1. The van der Waals surface area contributed by atoms with E-state index in [2.05, 4.69) is 36.3 Å². The second-order valence-corrected chi connectivity index (χ2v) is 7.76. The van der Waals surface area contributed by atoms with Gasteiger partial charge in [0.15, 0.2) is 0 Å². The molecule has 2 heterocycles. The van der Waals surface area contributed by atoms with Crippen molar-refractivity contribution in [3.8, 4) is 0 Å². The number of benzene rings is 1. The average molecular weight is 342 g/mol. The van der Waals surface area contributed by atoms with E-state index in [1.807, 2.05) is 31.6 Å². The van der Waals surface area contributed by atoms with Crippen molar-refractivity contribution in [2.75, 3.05) is 18.8 Å². The van der Waals surface area contributed by atoms with Crippen LogP contribution in [-0.2, 0) is 4.74 Å². The Bertz CT molecular complexity index is 757. The Morgan fingerprint density at radius 1 is 1.36 bits per heavy atom. The number of carbonyl (C=O) groups is 1. The minimum Gasteiger partial charge on any atom is -0.444 e. The maximum absolute atomic E-state index is 12.2. The molecule has 0 spiro atoms. The molecular formula is C19H26N4O2. The van der Waals surface area contributed by atoms with E-state index in [4.69, 9.17) is 10.5 Å². The molecule has 1 aromatic heterocycles. The summed E-state index contributed by atoms with van der Waals surface area (Å²) < 4.78 is 7.35. The van der Waals surface area contributed by atoms with E-state index >= 15 is 0 Å². The van der Waals surface area contributed by atoms with Gasteiger partial charge in [-0.2, -0.15) is 5.10 Å². The lowest BCUT2D eigenvalue weighted by Crippen LogP contribution is -2.54. The van der Waals surface area contributed by atoms with E-state index in [1.165, 1.54) is 11.1 Å². The quantitative estimate of drug-likeness (QED) is 0.929. The number of ether oxygens (including phenoxy) is 1. The molecule has 1 aromatic carbocycles. The van der Waals surface area contributed by atoms with Gasteiger partial charge in [0.2, 0.25) is 0 Å². The first-order chi connectivity index (χ1) is 11.7. The fourth-order valence-corrected chi connectivity index (χ4v) is 3.19. The fraction of sp³-hybridized carbons (Fsp3) is 0.474. The SMILES string of the molecule is Cc1cccc(C(C2CN(C(=O)OC(C)(C)C)C2)n2cc(N)cn2)c1. The van der Waals surface area contributed by atoms with Crippen molar-refractivity contribution in [2.45, 2.75) is 39.3 Å². The summed E-state index contributed by atoms with van der Waals surface area (Å²) in [5.41, 5.74) is 8.40. The lowest BCUT2D eigenvalue weighted by molar-refractivity contribution is -0.00750. The van der Waals surface area contributed by atoms with E-state index in [1.54, 1.807) is 11.1 Å². The largest absolute Gasteiger partial charge is 0.444 e. The highest BCUT2D eigenvalue weighted by Gasteiger charge is 2.40. The predicted molar refractivity (Wildman–Crippen MR) is 97.3 cm³/mol. The van der Waals surface area contributed by atoms with Gasteiger partial charge in [-0.15, -0.1) is 0 Å². The van der Waals surface area contributed by atoms with Gasteiger partial charge >= 0.3 is 6.09 Å². The zero-order valence-electron chi connectivity index (χ0n) is 15.3. The number of nitrogens with zero attached hydrogens (tertiary/aromatic N) is 3. The molecule has 1 aliphatic heterocycles. The van der Waals surface area contributed by atoms with Crippen LogP contribution in [0, 0.1) is 12.8 Å². The molecule has 6 nitrogen and oxygen atoms in total. The number of nitrogens with two attached hydrogens (primary N) is 1. The first kappa shape index (κ1) is 17.3. The molecule has 134 valence electrons. The van der Waals surface area contributed by atoms with Crippen LogP contribution in [0.1, 0.15) is 37.9 Å². The van der Waals surface area contributed by atoms with Crippen LogP contribution >= 0.6 is 0 Å². The van der Waals surface area contributed by atoms with Crippen molar-refractivity contribution in [3.63, 3.8) is 0 Å². The number of aryl methyl sites for hydroxylation is 1. The van der Waals surface area contributed by atoms with Crippen LogP contribution in [0.3, 0.4) is 0 Å². The Labute approximate surface area is 148 Å². The third-order valence-corrected chi connectivity index (χ3v) is 4.30. The second kappa shape index (κ2) is 6.43. The van der Waals surface area contributed by atoms with Gasteiger partial charge < -0.3 is 15.4 Å². The number of hydrogen-bond acceptors (Lipinski definition) is 4. The van der Waals surface area contributed by atoms with Gasteiger partial charge in [0, 0.05) is 25.2 Å². The maximum Gasteiger partial charge on any atom is 0.410 e. The lowest BCUT2D eigenvalue weighted by Gasteiger charge is -2.43. The molecule has 0 radical (unpaired) electrons. The molecule has 1 saturated heterocycles. The summed E-state index contributed by atoms with van der Waals surface area (Å²) in [6.45, 7) is 9.01. The number of nitrogen functional groups attached to an aromatic ring is 1. The average Bonchev–Trinajstić information content (AvgIpc) is 2.86. The Kier molecular flexibility index (Phi) is 4.45. The van der Waals surface area contributed by atoms with Crippen molar-refractivity contribution < 1.29 is 9.53 Å². The number of carbonyl (C=O) groups excluding carboxylic acids is 1. The van der Waals surface area contributed by atoms with Crippen LogP contribution in [0.5, 0.6) is 0 Å². The summed E-state index contributed by atoms with van der Waals surface area (Å²) in [5.74, 6) is 0.272. The minimum absolute atomic E-state index is 0.0517. The lowest BCUT2D eigenvalue weighted by atomic mass is 9.86. The Hall–Kier alpha value is -2.50. The first-order valence-electron chi connectivity index (χ1n) is 8.57. The molecule has 0 aliphatic carbocycles. The second-order valence-electron chi connectivity index (χ2n) is 7.76. The third kappa shape index (κ3) is 3.95. The zero-order chi connectivity index (χ0) is 18.2. The van der Waals surface area contributed by atoms with Gasteiger partial charge in [-0.25, -0.2) is 4.79 Å². The number of hydrogen-bond donors (Lipinski definition) is 1. The Morgan fingerprint density at radius 3 is 2.64 bits per heavy atom. The molecular weight excluding hydrogens is 316 g/mol. The number of anilines is 1. The molecule has 0 saturated carbocycles. The molecule has 25 heavy (non-hydrogen) atoms. The predicted octanol–water partition coefficient (Wildman–Crippen LogP) is 3.23. The normalized spacial score (nSPS) is 16.4. The van der Waals surface area contributed by atoms with Crippen molar-refractivity contribution in [2.24, 2.45) is 5.92 Å². The molecule has 1 atom stereocenters. The van der Waals surface area contributed by atoms with Crippen molar-refractivity contribution in [1.82, 2.24) is 14.7 Å². The number of rotatable bonds is 3. The standard InChI is InChI=1S/C19H26N4O2/c1-13-6-5-7-14(8-13)17(23-12-16(20)9-21-23)15-10-22(11-15)18(24)25-19(2,3)4/h5-9,12,15,17H,10-11,20H2,1-4H3. The van der Waals surface area contributed by atoms with Crippen molar-refractivity contribution >= 4 is 11.8 Å². The fourth-order valence-electron chi connectivity index (χ4n) is 3.19. The zero-order valence-corrected chi connectivity index (χ0v) is 15.3. The monoisotopic (exact) mass is 342 g/mol. The van der Waals surface area contributed by atoms with Gasteiger partial charge in [-0.05, 0) is 33.3 Å².